The SMILES string of the molecule is NO[PH](=O)Oc1ncncn1. The molecule has 0 aromatic carbocycles. The Balaban J connectivity index is 2.58. The third kappa shape index (κ3) is 2.58. The van der Waals surface area contributed by atoms with Gasteiger partial charge in [0, 0.05) is 0 Å². The fraction of sp³-hybridized carbons (Fsp3) is 0. The van der Waals surface area contributed by atoms with Gasteiger partial charge in [0.1, 0.15) is 12.7 Å². The third-order valence-corrected chi connectivity index (χ3v) is 1.28. The minimum Gasteiger partial charge on any atom is -0.390 e. The molecule has 0 saturated heterocycles. The maximum absolute atomic E-state index is 10.5. The Morgan fingerprint density at radius 1 is 1.45 bits per heavy atom. The molecular weight excluding hydrogens is 171 g/mol. The number of hydrogen-bond acceptors (Lipinski definition) is 7. The van der Waals surface area contributed by atoms with E-state index in [2.05, 4.69) is 30.0 Å². The Morgan fingerprint density at radius 2 is 2.09 bits per heavy atom. The number of nitrogens with zero attached hydrogens (tertiary/aromatic N) is 3. The molecule has 0 saturated carbocycles. The molecule has 1 aromatic rings. The molecule has 2 N–H and O–H groups in total. The van der Waals surface area contributed by atoms with Crippen LogP contribution in [0, 0.1) is 0 Å². The normalized spacial score (nSPS) is 12.5. The monoisotopic (exact) mass is 176 g/mol. The van der Waals surface area contributed by atoms with Gasteiger partial charge in [-0.15, -0.1) is 0 Å². The first-order valence-corrected chi connectivity index (χ1v) is 3.76. The first kappa shape index (κ1) is 8.06. The fourth-order valence-electron chi connectivity index (χ4n) is 0.380. The highest BCUT2D eigenvalue weighted by Gasteiger charge is 2.00. The van der Waals surface area contributed by atoms with Gasteiger partial charge in [-0.1, -0.05) is 0 Å². The van der Waals surface area contributed by atoms with E-state index >= 15 is 0 Å². The van der Waals surface area contributed by atoms with Crippen LogP contribution in [0.15, 0.2) is 12.7 Å². The molecule has 1 aromatic heterocycles. The Morgan fingerprint density at radius 3 is 2.64 bits per heavy atom. The second kappa shape index (κ2) is 3.97. The summed E-state index contributed by atoms with van der Waals surface area (Å²) in [6.45, 7) is 0. The van der Waals surface area contributed by atoms with E-state index in [1.54, 1.807) is 0 Å². The Kier molecular flexibility index (Phi) is 2.91. The molecule has 0 fully saturated rings. The largest absolute Gasteiger partial charge is 0.390 e. The Labute approximate surface area is 62.5 Å². The van der Waals surface area contributed by atoms with Gasteiger partial charge in [0.2, 0.25) is 0 Å². The molecule has 0 radical (unpaired) electrons. The summed E-state index contributed by atoms with van der Waals surface area (Å²) >= 11 is 0. The van der Waals surface area contributed by atoms with Crippen molar-refractivity contribution in [3.8, 4) is 6.01 Å². The average Bonchev–Trinajstić information content (AvgIpc) is 2.06. The lowest BCUT2D eigenvalue weighted by atomic mass is 11.0. The van der Waals surface area contributed by atoms with Crippen LogP contribution in [0.4, 0.5) is 0 Å². The van der Waals surface area contributed by atoms with Crippen LogP contribution in [0.1, 0.15) is 0 Å². The summed E-state index contributed by atoms with van der Waals surface area (Å²) in [6, 6.07) is -0.0747. The van der Waals surface area contributed by atoms with Crippen LogP contribution in [0.2, 0.25) is 0 Å². The smallest absolute Gasteiger partial charge is 0.386 e. The fourth-order valence-corrected chi connectivity index (χ4v) is 0.682. The number of nitrogens with two attached hydrogens (primary N) is 1. The molecular formula is C3H5N4O3P. The van der Waals surface area contributed by atoms with Crippen LogP contribution in [-0.4, -0.2) is 15.0 Å². The van der Waals surface area contributed by atoms with Gasteiger partial charge in [0.05, 0.1) is 0 Å². The first-order valence-electron chi connectivity index (χ1n) is 2.53. The first-order chi connectivity index (χ1) is 5.33. The molecule has 11 heavy (non-hydrogen) atoms. The molecule has 0 aliphatic carbocycles. The zero-order valence-corrected chi connectivity index (χ0v) is 6.30. The molecule has 7 nitrogen and oxygen atoms in total. The zero-order valence-electron chi connectivity index (χ0n) is 5.30. The number of hydrogen-bond donors (Lipinski definition) is 1. The molecule has 1 rings (SSSR count). The second-order valence-corrected chi connectivity index (χ2v) is 2.33. The van der Waals surface area contributed by atoms with Gasteiger partial charge < -0.3 is 4.52 Å². The summed E-state index contributed by atoms with van der Waals surface area (Å²) in [4.78, 5) is 10.5. The second-order valence-electron chi connectivity index (χ2n) is 1.39. The van der Waals surface area contributed by atoms with Crippen molar-refractivity contribution in [3.63, 3.8) is 0 Å². The van der Waals surface area contributed by atoms with Gasteiger partial charge in [0.15, 0.2) is 0 Å². The molecule has 60 valence electrons. The van der Waals surface area contributed by atoms with Crippen molar-refractivity contribution in [1.29, 1.82) is 0 Å². The highest BCUT2D eigenvalue weighted by atomic mass is 31.1. The molecule has 0 amide bonds. The predicted molar refractivity (Wildman–Crippen MR) is 34.7 cm³/mol. The van der Waals surface area contributed by atoms with Crippen molar-refractivity contribution in [1.82, 2.24) is 15.0 Å². The van der Waals surface area contributed by atoms with E-state index in [0.29, 0.717) is 0 Å². The van der Waals surface area contributed by atoms with E-state index < -0.39 is 8.25 Å². The minimum atomic E-state index is -2.71. The molecule has 1 atom stereocenters. The highest BCUT2D eigenvalue weighted by molar-refractivity contribution is 7.33. The van der Waals surface area contributed by atoms with Gasteiger partial charge in [-0.25, -0.2) is 20.1 Å². The van der Waals surface area contributed by atoms with E-state index in [-0.39, 0.29) is 6.01 Å². The van der Waals surface area contributed by atoms with Crippen LogP contribution in [0.3, 0.4) is 0 Å². The molecule has 1 unspecified atom stereocenters. The molecule has 0 aliphatic heterocycles. The Hall–Kier alpha value is -1.04. The van der Waals surface area contributed by atoms with Crippen molar-refractivity contribution in [3.05, 3.63) is 12.7 Å². The van der Waals surface area contributed by atoms with Crippen molar-refractivity contribution in [2.45, 2.75) is 0 Å². The average molecular weight is 176 g/mol. The summed E-state index contributed by atoms with van der Waals surface area (Å²) in [5, 5.41) is 0. The van der Waals surface area contributed by atoms with Crippen molar-refractivity contribution in [2.24, 2.45) is 5.90 Å². The number of aromatic nitrogens is 3. The quantitative estimate of drug-likeness (QED) is 0.490. The van der Waals surface area contributed by atoms with Gasteiger partial charge in [-0.05, 0) is 0 Å². The topological polar surface area (TPSA) is 100 Å². The molecule has 1 heterocycles. The maximum atomic E-state index is 10.5. The van der Waals surface area contributed by atoms with E-state index in [4.69, 9.17) is 0 Å². The van der Waals surface area contributed by atoms with Crippen LogP contribution in [0.5, 0.6) is 6.01 Å². The van der Waals surface area contributed by atoms with Crippen LogP contribution in [-0.2, 0) is 9.19 Å². The summed E-state index contributed by atoms with van der Waals surface area (Å²) in [5.74, 6) is 4.56. The molecule has 0 aliphatic rings. The zero-order chi connectivity index (χ0) is 8.10. The predicted octanol–water partition coefficient (Wildman–Crippen LogP) is -0.470. The third-order valence-electron chi connectivity index (χ3n) is 0.741. The molecule has 0 bridgehead atoms. The minimum absolute atomic E-state index is 0.0747. The van der Waals surface area contributed by atoms with Crippen molar-refractivity contribution < 1.29 is 13.7 Å². The lowest BCUT2D eigenvalue weighted by Crippen LogP contribution is -1.95. The molecule has 0 spiro atoms. The van der Waals surface area contributed by atoms with Gasteiger partial charge in [-0.3, -0.25) is 0 Å². The summed E-state index contributed by atoms with van der Waals surface area (Å²) in [7, 11) is -2.71. The van der Waals surface area contributed by atoms with E-state index in [1.165, 1.54) is 12.7 Å². The van der Waals surface area contributed by atoms with E-state index in [0.717, 1.165) is 0 Å². The van der Waals surface area contributed by atoms with E-state index in [9.17, 15) is 4.57 Å². The highest BCUT2D eigenvalue weighted by Crippen LogP contribution is 2.20. The summed E-state index contributed by atoms with van der Waals surface area (Å²) in [6.07, 6.45) is 2.40. The lowest BCUT2D eigenvalue weighted by molar-refractivity contribution is 0.291. The van der Waals surface area contributed by atoms with Crippen LogP contribution >= 0.6 is 8.25 Å². The van der Waals surface area contributed by atoms with Crippen LogP contribution in [0.25, 0.3) is 0 Å². The van der Waals surface area contributed by atoms with Gasteiger partial charge in [-0.2, -0.15) is 9.97 Å². The standard InChI is InChI=1S/C3H5N4O3P/c4-10-11(8)9-3-6-1-5-2-7-3/h1-2,11H,4H2. The summed E-state index contributed by atoms with van der Waals surface area (Å²) in [5.41, 5.74) is 0. The number of rotatable bonds is 3. The molecule has 8 heteroatoms. The summed E-state index contributed by atoms with van der Waals surface area (Å²) < 4.78 is 18.9. The maximum Gasteiger partial charge on any atom is 0.386 e. The van der Waals surface area contributed by atoms with Gasteiger partial charge >= 0.3 is 14.3 Å². The van der Waals surface area contributed by atoms with E-state index in [1.807, 2.05) is 0 Å². The van der Waals surface area contributed by atoms with Crippen molar-refractivity contribution in [2.75, 3.05) is 0 Å². The van der Waals surface area contributed by atoms with Crippen molar-refractivity contribution >= 4 is 8.25 Å². The Bertz CT molecular complexity index is 242. The lowest BCUT2D eigenvalue weighted by Gasteiger charge is -1.98. The van der Waals surface area contributed by atoms with Crippen LogP contribution < -0.4 is 10.4 Å². The van der Waals surface area contributed by atoms with Gasteiger partial charge in [0.25, 0.3) is 0 Å².